The maximum atomic E-state index is 13.3. The molecule has 2 aliphatic heterocycles. The lowest BCUT2D eigenvalue weighted by Gasteiger charge is -2.24. The number of nitrogens with one attached hydrogen (secondary N) is 1. The molecule has 172 valence electrons. The molecule has 2 aliphatic rings. The lowest BCUT2D eigenvalue weighted by molar-refractivity contribution is -0.124. The molecule has 0 bridgehead atoms. The molecule has 2 aromatic carbocycles. The van der Waals surface area contributed by atoms with Gasteiger partial charge in [-0.05, 0) is 43.0 Å². The van der Waals surface area contributed by atoms with Crippen LogP contribution in [-0.2, 0) is 21.2 Å². The molecule has 3 heterocycles. The first-order chi connectivity index (χ1) is 16.0. The molecule has 1 saturated heterocycles. The van der Waals surface area contributed by atoms with Crippen molar-refractivity contribution in [2.45, 2.75) is 30.2 Å². The molecule has 33 heavy (non-hydrogen) atoms. The van der Waals surface area contributed by atoms with E-state index < -0.39 is 16.1 Å². The van der Waals surface area contributed by atoms with Crippen LogP contribution in [0.15, 0.2) is 59.6 Å². The van der Waals surface area contributed by atoms with E-state index >= 15 is 0 Å². The predicted molar refractivity (Wildman–Crippen MR) is 123 cm³/mol. The van der Waals surface area contributed by atoms with Gasteiger partial charge >= 0.3 is 0 Å². The molecule has 0 saturated carbocycles. The zero-order valence-electron chi connectivity index (χ0n) is 18.1. The summed E-state index contributed by atoms with van der Waals surface area (Å²) < 4.78 is 38.9. The maximum absolute atomic E-state index is 13.3. The van der Waals surface area contributed by atoms with Gasteiger partial charge in [0.1, 0.15) is 19.3 Å². The van der Waals surface area contributed by atoms with Crippen molar-refractivity contribution in [3.63, 3.8) is 0 Å². The Hall–Kier alpha value is -3.17. The van der Waals surface area contributed by atoms with Crippen LogP contribution in [0.1, 0.15) is 18.4 Å². The van der Waals surface area contributed by atoms with Gasteiger partial charge in [0.05, 0.1) is 10.4 Å². The molecule has 1 fully saturated rings. The number of sulfonamides is 1. The number of rotatable bonds is 6. The van der Waals surface area contributed by atoms with Gasteiger partial charge in [-0.3, -0.25) is 9.78 Å². The average molecular weight is 468 g/mol. The number of ether oxygens (including phenoxy) is 2. The molecule has 1 unspecified atom stereocenters. The second-order valence-corrected chi connectivity index (χ2v) is 10.0. The minimum Gasteiger partial charge on any atom is -0.486 e. The summed E-state index contributed by atoms with van der Waals surface area (Å²) in [5.74, 6) is 0.659. The normalized spacial score (nSPS) is 18.4. The first-order valence-electron chi connectivity index (χ1n) is 11.1. The quantitative estimate of drug-likeness (QED) is 0.598. The number of pyridine rings is 1. The van der Waals surface area contributed by atoms with Crippen molar-refractivity contribution in [3.05, 3.63) is 60.3 Å². The lowest BCUT2D eigenvalue weighted by Crippen LogP contribution is -2.46. The Morgan fingerprint density at radius 1 is 1.09 bits per heavy atom. The van der Waals surface area contributed by atoms with Gasteiger partial charge in [0, 0.05) is 30.7 Å². The zero-order chi connectivity index (χ0) is 22.8. The van der Waals surface area contributed by atoms with E-state index in [9.17, 15) is 13.2 Å². The summed E-state index contributed by atoms with van der Waals surface area (Å²) in [6.45, 7) is 1.52. The highest BCUT2D eigenvalue weighted by atomic mass is 32.2. The van der Waals surface area contributed by atoms with Gasteiger partial charge in [0.2, 0.25) is 15.9 Å². The second-order valence-electron chi connectivity index (χ2n) is 8.11. The van der Waals surface area contributed by atoms with Crippen molar-refractivity contribution in [2.24, 2.45) is 0 Å². The number of para-hydroxylation sites is 1. The molecule has 0 spiro atoms. The molecule has 9 heteroatoms. The summed E-state index contributed by atoms with van der Waals surface area (Å²) in [6.07, 6.45) is 3.49. The standard InChI is InChI=1S/C24H25N3O5S/c28-24(26-12-10-18-5-1-4-17-6-2-11-25-23(17)18)20-7-3-13-27(20)33(29,30)19-8-9-21-22(16-19)32-15-14-31-21/h1-2,4-6,8-9,11,16,20H,3,7,10,12-15H2,(H,26,28). The number of benzene rings is 2. The SMILES string of the molecule is O=C(NCCc1cccc2cccnc12)C1CCCN1S(=O)(=O)c1ccc2c(c1)OCCO2. The highest BCUT2D eigenvalue weighted by Gasteiger charge is 2.39. The Morgan fingerprint density at radius 3 is 2.79 bits per heavy atom. The van der Waals surface area contributed by atoms with Crippen LogP contribution < -0.4 is 14.8 Å². The summed E-state index contributed by atoms with van der Waals surface area (Å²) >= 11 is 0. The number of hydrogen-bond donors (Lipinski definition) is 1. The van der Waals surface area contributed by atoms with Crippen molar-refractivity contribution >= 4 is 26.8 Å². The molecule has 0 radical (unpaired) electrons. The molecule has 8 nitrogen and oxygen atoms in total. The van der Waals surface area contributed by atoms with Crippen LogP contribution in [0.4, 0.5) is 0 Å². The van der Waals surface area contributed by atoms with E-state index in [1.807, 2.05) is 30.3 Å². The Bertz CT molecular complexity index is 1290. The number of aromatic nitrogens is 1. The molecule has 3 aromatic rings. The number of amides is 1. The zero-order valence-corrected chi connectivity index (χ0v) is 18.9. The largest absolute Gasteiger partial charge is 0.486 e. The van der Waals surface area contributed by atoms with Crippen LogP contribution in [0.25, 0.3) is 10.9 Å². The fourth-order valence-electron chi connectivity index (χ4n) is 4.42. The minimum absolute atomic E-state index is 0.105. The monoisotopic (exact) mass is 467 g/mol. The van der Waals surface area contributed by atoms with Crippen molar-refractivity contribution in [3.8, 4) is 11.5 Å². The van der Waals surface area contributed by atoms with Gasteiger partial charge in [-0.2, -0.15) is 4.31 Å². The third kappa shape index (κ3) is 4.26. The molecule has 5 rings (SSSR count). The molecule has 1 atom stereocenters. The number of hydrogen-bond acceptors (Lipinski definition) is 6. The Labute approximate surface area is 192 Å². The van der Waals surface area contributed by atoms with E-state index in [1.54, 1.807) is 12.3 Å². The summed E-state index contributed by atoms with van der Waals surface area (Å²) in [4.78, 5) is 17.5. The summed E-state index contributed by atoms with van der Waals surface area (Å²) in [6, 6.07) is 13.7. The molecule has 1 aromatic heterocycles. The van der Waals surface area contributed by atoms with Gasteiger partial charge in [0.25, 0.3) is 0 Å². The van der Waals surface area contributed by atoms with Gasteiger partial charge < -0.3 is 14.8 Å². The Morgan fingerprint density at radius 2 is 1.91 bits per heavy atom. The lowest BCUT2D eigenvalue weighted by atomic mass is 10.1. The van der Waals surface area contributed by atoms with Gasteiger partial charge in [-0.15, -0.1) is 0 Å². The van der Waals surface area contributed by atoms with Crippen molar-refractivity contribution in [1.29, 1.82) is 0 Å². The van der Waals surface area contributed by atoms with Crippen molar-refractivity contribution in [1.82, 2.24) is 14.6 Å². The fraction of sp³-hybridized carbons (Fsp3) is 0.333. The summed E-state index contributed by atoms with van der Waals surface area (Å²) in [5.41, 5.74) is 1.96. The number of fused-ring (bicyclic) bond motifs is 2. The topological polar surface area (TPSA) is 97.8 Å². The minimum atomic E-state index is -3.85. The molecular formula is C24H25N3O5S. The molecule has 1 amide bonds. The fourth-order valence-corrected chi connectivity index (χ4v) is 6.09. The van der Waals surface area contributed by atoms with Crippen LogP contribution in [0.3, 0.4) is 0 Å². The van der Waals surface area contributed by atoms with Crippen LogP contribution in [-0.4, -0.2) is 56.0 Å². The smallest absolute Gasteiger partial charge is 0.243 e. The van der Waals surface area contributed by atoms with E-state index in [-0.39, 0.29) is 10.8 Å². The average Bonchev–Trinajstić information content (AvgIpc) is 3.35. The highest BCUT2D eigenvalue weighted by Crippen LogP contribution is 2.34. The Balaban J connectivity index is 1.27. The van der Waals surface area contributed by atoms with Gasteiger partial charge in [0.15, 0.2) is 11.5 Å². The first-order valence-corrected chi connectivity index (χ1v) is 12.5. The van der Waals surface area contributed by atoms with E-state index in [4.69, 9.17) is 9.47 Å². The van der Waals surface area contributed by atoms with Crippen LogP contribution >= 0.6 is 0 Å². The maximum Gasteiger partial charge on any atom is 0.243 e. The third-order valence-corrected chi connectivity index (χ3v) is 7.94. The summed E-state index contributed by atoms with van der Waals surface area (Å²) in [5, 5.41) is 3.97. The molecule has 1 N–H and O–H groups in total. The van der Waals surface area contributed by atoms with Gasteiger partial charge in [-0.1, -0.05) is 24.3 Å². The van der Waals surface area contributed by atoms with Gasteiger partial charge in [-0.25, -0.2) is 8.42 Å². The number of carbonyl (C=O) groups is 1. The van der Waals surface area contributed by atoms with Crippen LogP contribution in [0.2, 0.25) is 0 Å². The van der Waals surface area contributed by atoms with Crippen LogP contribution in [0.5, 0.6) is 11.5 Å². The molecule has 0 aliphatic carbocycles. The summed E-state index contributed by atoms with van der Waals surface area (Å²) in [7, 11) is -3.85. The predicted octanol–water partition coefficient (Wildman–Crippen LogP) is 2.52. The van der Waals surface area contributed by atoms with E-state index in [0.717, 1.165) is 16.5 Å². The van der Waals surface area contributed by atoms with Crippen LogP contribution in [0, 0.1) is 0 Å². The third-order valence-electron chi connectivity index (χ3n) is 6.04. The highest BCUT2D eigenvalue weighted by molar-refractivity contribution is 7.89. The van der Waals surface area contributed by atoms with E-state index in [2.05, 4.69) is 10.3 Å². The Kier molecular flexibility index (Phi) is 5.90. The van der Waals surface area contributed by atoms with Crippen molar-refractivity contribution in [2.75, 3.05) is 26.3 Å². The van der Waals surface area contributed by atoms with E-state index in [1.165, 1.54) is 16.4 Å². The number of carbonyl (C=O) groups excluding carboxylic acids is 1. The second kappa shape index (κ2) is 8.99. The number of nitrogens with zero attached hydrogens (tertiary/aromatic N) is 2. The first kappa shape index (κ1) is 21.7. The molecular weight excluding hydrogens is 442 g/mol. The van der Waals surface area contributed by atoms with E-state index in [0.29, 0.717) is 57.1 Å². The van der Waals surface area contributed by atoms with Crippen molar-refractivity contribution < 1.29 is 22.7 Å².